The zero-order valence-corrected chi connectivity index (χ0v) is 17.3. The number of carbonyl (C=O) groups is 1. The minimum atomic E-state index is -0.473. The van der Waals surface area contributed by atoms with Crippen LogP contribution in [0.1, 0.15) is 75.2 Å². The number of nitrogens with zero attached hydrogens (tertiary/aromatic N) is 1. The molecule has 2 aliphatic rings. The van der Waals surface area contributed by atoms with E-state index in [4.69, 9.17) is 0 Å². The molecule has 1 saturated carbocycles. The Hall–Kier alpha value is -0.450. The van der Waals surface area contributed by atoms with E-state index in [0.717, 1.165) is 19.4 Å². The van der Waals surface area contributed by atoms with Crippen LogP contribution in [0, 0.1) is 17.3 Å². The second-order valence-electron chi connectivity index (χ2n) is 11.1. The van der Waals surface area contributed by atoms with Crippen LogP contribution in [0.25, 0.3) is 0 Å². The molecule has 0 aromatic heterocycles. The van der Waals surface area contributed by atoms with Crippen molar-refractivity contribution in [3.63, 3.8) is 0 Å². The Kier molecular flexibility index (Phi) is 5.02. The third kappa shape index (κ3) is 4.20. The Morgan fingerprint density at radius 3 is 2.17 bits per heavy atom. The molecule has 0 aromatic rings. The molecule has 140 valence electrons. The van der Waals surface area contributed by atoms with Crippen molar-refractivity contribution in [2.75, 3.05) is 13.1 Å². The average Bonchev–Trinajstić information content (AvgIpc) is 2.33. The Morgan fingerprint density at radius 2 is 1.71 bits per heavy atom. The molecule has 0 aromatic carbocycles. The monoisotopic (exact) mass is 337 g/mol. The molecule has 3 unspecified atom stereocenters. The highest BCUT2D eigenvalue weighted by Gasteiger charge is 2.55. The van der Waals surface area contributed by atoms with Crippen molar-refractivity contribution in [1.82, 2.24) is 15.8 Å². The summed E-state index contributed by atoms with van der Waals surface area (Å²) in [6.07, 6.45) is 1.94. The number of rotatable bonds is 2. The number of hydrazine groups is 1. The van der Waals surface area contributed by atoms with Gasteiger partial charge in [-0.05, 0) is 65.7 Å². The molecule has 2 bridgehead atoms. The fraction of sp³-hybridized carbons (Fsp3) is 0.950. The quantitative estimate of drug-likeness (QED) is 0.811. The molecule has 1 saturated heterocycles. The van der Waals surface area contributed by atoms with E-state index in [2.05, 4.69) is 78.1 Å². The van der Waals surface area contributed by atoms with E-state index in [1.165, 1.54) is 0 Å². The van der Waals surface area contributed by atoms with Crippen molar-refractivity contribution in [3.05, 3.63) is 0 Å². The summed E-state index contributed by atoms with van der Waals surface area (Å²) in [5.41, 5.74) is 3.46. The molecular weight excluding hydrogens is 298 g/mol. The first-order valence-electron chi connectivity index (χ1n) is 9.49. The zero-order valence-electron chi connectivity index (χ0n) is 17.3. The Labute approximate surface area is 149 Å². The summed E-state index contributed by atoms with van der Waals surface area (Å²) in [7, 11) is 0. The van der Waals surface area contributed by atoms with Crippen molar-refractivity contribution in [2.24, 2.45) is 17.3 Å². The highest BCUT2D eigenvalue weighted by atomic mass is 16.1. The fourth-order valence-electron chi connectivity index (χ4n) is 3.94. The molecule has 4 nitrogen and oxygen atoms in total. The van der Waals surface area contributed by atoms with Gasteiger partial charge in [0.2, 0.25) is 0 Å². The molecule has 0 amide bonds. The van der Waals surface area contributed by atoms with E-state index < -0.39 is 5.54 Å². The van der Waals surface area contributed by atoms with Gasteiger partial charge in [0.15, 0.2) is 5.78 Å². The van der Waals surface area contributed by atoms with Gasteiger partial charge in [0.05, 0.1) is 0 Å². The van der Waals surface area contributed by atoms with Crippen molar-refractivity contribution >= 4 is 5.78 Å². The lowest BCUT2D eigenvalue weighted by Crippen LogP contribution is -2.76. The predicted molar refractivity (Wildman–Crippen MR) is 101 cm³/mol. The lowest BCUT2D eigenvalue weighted by atomic mass is 9.61. The highest BCUT2D eigenvalue weighted by Crippen LogP contribution is 2.45. The number of ketones is 1. The smallest absolute Gasteiger partial charge is 0.159 e. The molecule has 1 aliphatic heterocycles. The van der Waals surface area contributed by atoms with Crippen LogP contribution in [0.15, 0.2) is 0 Å². The Bertz CT molecular complexity index is 453. The summed E-state index contributed by atoms with van der Waals surface area (Å²) < 4.78 is 0. The number of hydrogen-bond donors (Lipinski definition) is 2. The third-order valence-corrected chi connectivity index (χ3v) is 5.71. The summed E-state index contributed by atoms with van der Waals surface area (Å²) in [6.45, 7) is 21.6. The van der Waals surface area contributed by atoms with Gasteiger partial charge in [-0.3, -0.25) is 4.79 Å². The maximum atomic E-state index is 13.3. The third-order valence-electron chi connectivity index (χ3n) is 5.71. The first-order chi connectivity index (χ1) is 10.6. The van der Waals surface area contributed by atoms with Gasteiger partial charge in [-0.2, -0.15) is 0 Å². The van der Waals surface area contributed by atoms with Gasteiger partial charge < -0.3 is 5.32 Å². The number of carbonyl (C=O) groups excluding carboxylic acids is 1. The zero-order chi connectivity index (χ0) is 18.6. The van der Waals surface area contributed by atoms with Gasteiger partial charge in [0.1, 0.15) is 5.54 Å². The minimum absolute atomic E-state index is 0.00485. The minimum Gasteiger partial charge on any atom is -0.310 e. The summed E-state index contributed by atoms with van der Waals surface area (Å²) >= 11 is 0. The molecule has 2 N–H and O–H groups in total. The molecule has 1 heterocycles. The molecule has 4 heteroatoms. The van der Waals surface area contributed by atoms with Crippen LogP contribution >= 0.6 is 0 Å². The van der Waals surface area contributed by atoms with Crippen LogP contribution in [0.2, 0.25) is 0 Å². The fourth-order valence-corrected chi connectivity index (χ4v) is 3.94. The molecule has 1 aliphatic carbocycles. The Morgan fingerprint density at radius 1 is 1.12 bits per heavy atom. The van der Waals surface area contributed by atoms with Crippen LogP contribution in [0.4, 0.5) is 0 Å². The maximum absolute atomic E-state index is 13.3. The first-order valence-corrected chi connectivity index (χ1v) is 9.49. The summed E-state index contributed by atoms with van der Waals surface area (Å²) in [4.78, 5) is 13.3. The van der Waals surface area contributed by atoms with Crippen molar-refractivity contribution in [1.29, 1.82) is 0 Å². The van der Waals surface area contributed by atoms with Crippen LogP contribution in [-0.4, -0.2) is 40.5 Å². The lowest BCUT2D eigenvalue weighted by molar-refractivity contribution is -0.154. The van der Waals surface area contributed by atoms with E-state index in [-0.39, 0.29) is 22.4 Å². The second-order valence-corrected chi connectivity index (χ2v) is 11.1. The molecule has 0 spiro atoms. The van der Waals surface area contributed by atoms with Crippen LogP contribution in [0.3, 0.4) is 0 Å². The summed E-state index contributed by atoms with van der Waals surface area (Å²) in [6, 6.07) is 0. The van der Waals surface area contributed by atoms with Gasteiger partial charge >= 0.3 is 0 Å². The van der Waals surface area contributed by atoms with Gasteiger partial charge in [0, 0.05) is 30.1 Å². The summed E-state index contributed by atoms with van der Waals surface area (Å²) in [5, 5.41) is 5.91. The lowest BCUT2D eigenvalue weighted by Gasteiger charge is -2.56. The normalized spacial score (nSPS) is 33.0. The van der Waals surface area contributed by atoms with E-state index in [1.54, 1.807) is 0 Å². The van der Waals surface area contributed by atoms with Gasteiger partial charge in [0.25, 0.3) is 0 Å². The molecule has 2 fully saturated rings. The number of hydrogen-bond acceptors (Lipinski definition) is 4. The second kappa shape index (κ2) is 6.07. The number of nitrogens with one attached hydrogen (secondary N) is 2. The van der Waals surface area contributed by atoms with E-state index >= 15 is 0 Å². The highest BCUT2D eigenvalue weighted by molar-refractivity contribution is 5.92. The molecule has 2 rings (SSSR count). The van der Waals surface area contributed by atoms with Gasteiger partial charge in [-0.1, -0.05) is 20.8 Å². The van der Waals surface area contributed by atoms with Gasteiger partial charge in [-0.15, -0.1) is 0 Å². The SMILES string of the molecule is CC(C)(C)NCC12CC(C(C)(C)C)CC(CN(C(C)(C)C)N1)C2=O. The predicted octanol–water partition coefficient (Wildman–Crippen LogP) is 3.37. The standard InChI is InChI=1S/C20H39N3O/c1-17(2,3)15-10-14-12-23(19(7,8)9)22-20(11-15,16(14)24)13-21-18(4,5)6/h14-15,21-22H,10-13H2,1-9H3. The largest absolute Gasteiger partial charge is 0.310 e. The maximum Gasteiger partial charge on any atom is 0.159 e. The topological polar surface area (TPSA) is 44.4 Å². The van der Waals surface area contributed by atoms with E-state index in [0.29, 0.717) is 18.2 Å². The molecule has 0 radical (unpaired) electrons. The Balaban J connectivity index is 2.34. The van der Waals surface area contributed by atoms with Crippen molar-refractivity contribution < 1.29 is 4.79 Å². The van der Waals surface area contributed by atoms with Gasteiger partial charge in [-0.25, -0.2) is 10.4 Å². The average molecular weight is 338 g/mol. The first kappa shape index (κ1) is 19.9. The van der Waals surface area contributed by atoms with Crippen LogP contribution in [0.5, 0.6) is 0 Å². The van der Waals surface area contributed by atoms with E-state index in [9.17, 15) is 4.79 Å². The summed E-state index contributed by atoms with van der Waals surface area (Å²) in [5.74, 6) is 1.13. The van der Waals surface area contributed by atoms with Crippen molar-refractivity contribution in [3.8, 4) is 0 Å². The molecular formula is C20H39N3O. The number of Topliss-reactive ketones (excluding diaryl/α,β-unsaturated/α-hetero) is 1. The number of fused-ring (bicyclic) bond motifs is 2. The molecule has 24 heavy (non-hydrogen) atoms. The van der Waals surface area contributed by atoms with Crippen LogP contribution < -0.4 is 10.7 Å². The van der Waals surface area contributed by atoms with Crippen molar-refractivity contribution in [2.45, 2.75) is 91.8 Å². The van der Waals surface area contributed by atoms with Crippen LogP contribution in [-0.2, 0) is 4.79 Å². The molecule has 3 atom stereocenters. The van der Waals surface area contributed by atoms with E-state index in [1.807, 2.05) is 0 Å².